The monoisotopic (exact) mass is 391 g/mol. The molecule has 2 heteroatoms. The highest BCUT2D eigenvalue weighted by molar-refractivity contribution is 6.10. The van der Waals surface area contributed by atoms with E-state index in [1.165, 1.54) is 11.1 Å². The van der Waals surface area contributed by atoms with Crippen LogP contribution in [0.1, 0.15) is 26.3 Å². The number of para-hydroxylation sites is 2. The summed E-state index contributed by atoms with van der Waals surface area (Å²) < 4.78 is 6.38. The minimum absolute atomic E-state index is 0.0515. The van der Waals surface area contributed by atoms with Gasteiger partial charge in [-0.1, -0.05) is 87.5 Å². The van der Waals surface area contributed by atoms with Crippen LogP contribution in [0.25, 0.3) is 33.1 Å². The van der Waals surface area contributed by atoms with Gasteiger partial charge < -0.3 is 9.73 Å². The van der Waals surface area contributed by atoms with Crippen LogP contribution in [-0.2, 0) is 5.41 Å². The van der Waals surface area contributed by atoms with Crippen molar-refractivity contribution in [2.45, 2.75) is 26.2 Å². The summed E-state index contributed by atoms with van der Waals surface area (Å²) in [6.45, 7) is 6.71. The van der Waals surface area contributed by atoms with Crippen molar-refractivity contribution in [3.63, 3.8) is 0 Å². The molecule has 5 rings (SSSR count). The largest absolute Gasteiger partial charge is 0.454 e. The van der Waals surface area contributed by atoms with Gasteiger partial charge in [0.25, 0.3) is 0 Å². The fourth-order valence-corrected chi connectivity index (χ4v) is 4.10. The Kier molecular flexibility index (Phi) is 4.36. The fourth-order valence-electron chi connectivity index (χ4n) is 4.10. The highest BCUT2D eigenvalue weighted by Gasteiger charge is 2.19. The summed E-state index contributed by atoms with van der Waals surface area (Å²) in [4.78, 5) is 0. The molecule has 0 radical (unpaired) electrons. The van der Waals surface area contributed by atoms with Gasteiger partial charge in [-0.2, -0.15) is 0 Å². The summed E-state index contributed by atoms with van der Waals surface area (Å²) in [6.07, 6.45) is 0. The van der Waals surface area contributed by atoms with Crippen molar-refractivity contribution in [3.8, 4) is 11.1 Å². The maximum atomic E-state index is 6.38. The van der Waals surface area contributed by atoms with E-state index in [1.54, 1.807) is 0 Å². The van der Waals surface area contributed by atoms with Crippen molar-refractivity contribution in [1.82, 2.24) is 0 Å². The van der Waals surface area contributed by atoms with E-state index in [4.69, 9.17) is 4.42 Å². The van der Waals surface area contributed by atoms with E-state index in [2.05, 4.69) is 111 Å². The van der Waals surface area contributed by atoms with Gasteiger partial charge in [-0.25, -0.2) is 0 Å². The van der Waals surface area contributed by atoms with Crippen molar-refractivity contribution in [2.75, 3.05) is 5.32 Å². The third-order valence-corrected chi connectivity index (χ3v) is 5.61. The molecule has 0 aliphatic carbocycles. The Bertz CT molecular complexity index is 1340. The lowest BCUT2D eigenvalue weighted by Gasteiger charge is -2.23. The van der Waals surface area contributed by atoms with Crippen molar-refractivity contribution in [2.24, 2.45) is 0 Å². The summed E-state index contributed by atoms with van der Waals surface area (Å²) in [5.41, 5.74) is 7.59. The maximum absolute atomic E-state index is 6.38. The Morgan fingerprint density at radius 3 is 2.17 bits per heavy atom. The number of hydrogen-bond acceptors (Lipinski definition) is 2. The van der Waals surface area contributed by atoms with E-state index in [0.717, 1.165) is 38.9 Å². The van der Waals surface area contributed by atoms with Crippen LogP contribution in [0.2, 0.25) is 0 Å². The average molecular weight is 392 g/mol. The molecule has 2 nitrogen and oxygen atoms in total. The summed E-state index contributed by atoms with van der Waals surface area (Å²) in [6, 6.07) is 31.7. The normalized spacial score (nSPS) is 11.8. The Balaban J connectivity index is 1.63. The molecule has 0 amide bonds. The maximum Gasteiger partial charge on any atom is 0.158 e. The molecule has 0 atom stereocenters. The number of rotatable bonds is 3. The molecule has 0 saturated heterocycles. The second kappa shape index (κ2) is 7.07. The third-order valence-electron chi connectivity index (χ3n) is 5.61. The van der Waals surface area contributed by atoms with Crippen LogP contribution in [0.3, 0.4) is 0 Å². The molecule has 30 heavy (non-hydrogen) atoms. The first-order valence-corrected chi connectivity index (χ1v) is 10.4. The van der Waals surface area contributed by atoms with Crippen LogP contribution in [0.5, 0.6) is 0 Å². The number of anilines is 2. The fraction of sp³-hybridized carbons (Fsp3) is 0.143. The molecule has 4 aromatic carbocycles. The molecule has 0 spiro atoms. The van der Waals surface area contributed by atoms with Crippen molar-refractivity contribution in [3.05, 3.63) is 96.6 Å². The molecular formula is C28H25NO. The summed E-state index contributed by atoms with van der Waals surface area (Å²) in [5.74, 6) is 0. The minimum Gasteiger partial charge on any atom is -0.454 e. The topological polar surface area (TPSA) is 25.2 Å². The van der Waals surface area contributed by atoms with E-state index in [1.807, 2.05) is 6.07 Å². The molecule has 1 aromatic heterocycles. The van der Waals surface area contributed by atoms with Crippen molar-refractivity contribution in [1.29, 1.82) is 0 Å². The van der Waals surface area contributed by atoms with Gasteiger partial charge in [0, 0.05) is 16.5 Å². The van der Waals surface area contributed by atoms with Gasteiger partial charge >= 0.3 is 0 Å². The van der Waals surface area contributed by atoms with Crippen LogP contribution in [0.4, 0.5) is 11.4 Å². The highest BCUT2D eigenvalue weighted by Crippen LogP contribution is 2.38. The number of nitrogens with one attached hydrogen (secondary N) is 1. The second-order valence-electron chi connectivity index (χ2n) is 8.78. The predicted octanol–water partition coefficient (Wildman–Crippen LogP) is 8.29. The zero-order chi connectivity index (χ0) is 20.7. The average Bonchev–Trinajstić information content (AvgIpc) is 3.13. The minimum atomic E-state index is 0.0515. The molecule has 148 valence electrons. The Morgan fingerprint density at radius 1 is 0.633 bits per heavy atom. The molecular weight excluding hydrogens is 366 g/mol. The Labute approximate surface area is 177 Å². The van der Waals surface area contributed by atoms with E-state index < -0.39 is 0 Å². The molecule has 0 unspecified atom stereocenters. The van der Waals surface area contributed by atoms with Gasteiger partial charge in [-0.05, 0) is 46.4 Å². The zero-order valence-electron chi connectivity index (χ0n) is 17.6. The molecule has 0 saturated carbocycles. The van der Waals surface area contributed by atoms with Gasteiger partial charge in [-0.15, -0.1) is 0 Å². The van der Waals surface area contributed by atoms with Gasteiger partial charge in [0.2, 0.25) is 0 Å². The highest BCUT2D eigenvalue weighted by atomic mass is 16.3. The second-order valence-corrected chi connectivity index (χ2v) is 8.78. The molecule has 0 aliphatic rings. The standard InChI is InChI=1S/C28H25NO/c1-28(2,3)23-13-7-8-14-24(23)29-25-15-9-12-22-21-17-16-20(18-26(21)30-27(22)25)19-10-5-4-6-11-19/h4-18,29H,1-3H3. The zero-order valence-corrected chi connectivity index (χ0v) is 17.6. The summed E-state index contributed by atoms with van der Waals surface area (Å²) >= 11 is 0. The molecule has 1 heterocycles. The smallest absolute Gasteiger partial charge is 0.158 e. The van der Waals surface area contributed by atoms with Gasteiger partial charge in [0.15, 0.2) is 5.58 Å². The lowest BCUT2D eigenvalue weighted by atomic mass is 9.86. The van der Waals surface area contributed by atoms with Crippen molar-refractivity contribution < 1.29 is 4.42 Å². The molecule has 0 fully saturated rings. The predicted molar refractivity (Wildman–Crippen MR) is 128 cm³/mol. The lowest BCUT2D eigenvalue weighted by Crippen LogP contribution is -2.13. The lowest BCUT2D eigenvalue weighted by molar-refractivity contribution is 0.592. The first-order chi connectivity index (χ1) is 14.5. The van der Waals surface area contributed by atoms with Gasteiger partial charge in [0.05, 0.1) is 5.69 Å². The van der Waals surface area contributed by atoms with E-state index >= 15 is 0 Å². The van der Waals surface area contributed by atoms with Gasteiger partial charge in [0.1, 0.15) is 5.58 Å². The number of hydrogen-bond donors (Lipinski definition) is 1. The number of furan rings is 1. The first-order valence-electron chi connectivity index (χ1n) is 10.4. The molecule has 0 bridgehead atoms. The van der Waals surface area contributed by atoms with Crippen LogP contribution in [0.15, 0.2) is 95.4 Å². The molecule has 1 N–H and O–H groups in total. The third kappa shape index (κ3) is 3.25. The van der Waals surface area contributed by atoms with Crippen molar-refractivity contribution >= 4 is 33.3 Å². The molecule has 5 aromatic rings. The molecule has 0 aliphatic heterocycles. The SMILES string of the molecule is CC(C)(C)c1ccccc1Nc1cccc2c1oc1cc(-c3ccccc3)ccc12. The van der Waals surface area contributed by atoms with E-state index in [9.17, 15) is 0 Å². The summed E-state index contributed by atoms with van der Waals surface area (Å²) in [7, 11) is 0. The number of fused-ring (bicyclic) bond motifs is 3. The quantitative estimate of drug-likeness (QED) is 0.334. The number of benzene rings is 4. The van der Waals surface area contributed by atoms with Crippen LogP contribution in [-0.4, -0.2) is 0 Å². The van der Waals surface area contributed by atoms with Crippen LogP contribution < -0.4 is 5.32 Å². The van der Waals surface area contributed by atoms with E-state index in [-0.39, 0.29) is 5.41 Å². The van der Waals surface area contributed by atoms with Crippen LogP contribution in [0, 0.1) is 0 Å². The van der Waals surface area contributed by atoms with Crippen LogP contribution >= 0.6 is 0 Å². The summed E-state index contributed by atoms with van der Waals surface area (Å²) in [5, 5.41) is 5.90. The Morgan fingerprint density at radius 2 is 1.37 bits per heavy atom. The first kappa shape index (κ1) is 18.5. The van der Waals surface area contributed by atoms with E-state index in [0.29, 0.717) is 0 Å². The Hall–Kier alpha value is -3.52. The van der Waals surface area contributed by atoms with Gasteiger partial charge in [-0.3, -0.25) is 0 Å².